The summed E-state index contributed by atoms with van der Waals surface area (Å²) in [6.45, 7) is 1.16. The van der Waals surface area contributed by atoms with Crippen molar-refractivity contribution < 1.29 is 14.3 Å². The topological polar surface area (TPSA) is 76.6 Å². The van der Waals surface area contributed by atoms with E-state index in [0.717, 1.165) is 12.8 Å². The Hall–Kier alpha value is -2.54. The van der Waals surface area contributed by atoms with Gasteiger partial charge in [0.15, 0.2) is 0 Å². The molecule has 2 aromatic rings. The monoisotopic (exact) mass is 362 g/mol. The van der Waals surface area contributed by atoms with Crippen molar-refractivity contribution in [3.8, 4) is 11.9 Å². The minimum absolute atomic E-state index is 0.126. The van der Waals surface area contributed by atoms with Crippen molar-refractivity contribution in [2.24, 2.45) is 0 Å². The third-order valence-electron chi connectivity index (χ3n) is 3.82. The van der Waals surface area contributed by atoms with Gasteiger partial charge in [-0.2, -0.15) is 4.98 Å². The first-order chi connectivity index (χ1) is 12.1. The number of methoxy groups -OCH3 is 1. The lowest BCUT2D eigenvalue weighted by Gasteiger charge is -2.32. The summed E-state index contributed by atoms with van der Waals surface area (Å²) >= 11 is 5.95. The number of halogens is 1. The summed E-state index contributed by atoms with van der Waals surface area (Å²) in [5.41, 5.74) is 0.668. The molecule has 1 N–H and O–H groups in total. The second kappa shape index (κ2) is 8.02. The number of nitrogens with one attached hydrogen (secondary N) is 1. The van der Waals surface area contributed by atoms with Crippen LogP contribution < -0.4 is 14.8 Å². The Labute approximate surface area is 150 Å². The summed E-state index contributed by atoms with van der Waals surface area (Å²) in [6.07, 6.45) is 3.16. The average molecular weight is 363 g/mol. The molecule has 0 spiro atoms. The number of carbonyl (C=O) groups is 1. The maximum Gasteiger partial charge on any atom is 0.321 e. The zero-order chi connectivity index (χ0) is 17.6. The molecular formula is C17H19ClN4O3. The first-order valence-corrected chi connectivity index (χ1v) is 8.37. The molecule has 1 fully saturated rings. The van der Waals surface area contributed by atoms with Gasteiger partial charge >= 0.3 is 12.0 Å². The van der Waals surface area contributed by atoms with Crippen molar-refractivity contribution in [2.75, 3.05) is 25.5 Å². The molecule has 1 unspecified atom stereocenters. The Bertz CT molecular complexity index is 743. The minimum atomic E-state index is -0.171. The molecule has 0 saturated carbocycles. The molecule has 3 rings (SSSR count). The number of amides is 2. The van der Waals surface area contributed by atoms with Crippen LogP contribution in [-0.2, 0) is 0 Å². The van der Waals surface area contributed by atoms with Gasteiger partial charge in [-0.15, -0.1) is 0 Å². The molecule has 8 heteroatoms. The molecule has 1 aliphatic heterocycles. The number of anilines is 1. The van der Waals surface area contributed by atoms with Crippen molar-refractivity contribution in [1.82, 2.24) is 14.9 Å². The smallest absolute Gasteiger partial charge is 0.321 e. The predicted molar refractivity (Wildman–Crippen MR) is 94.3 cm³/mol. The van der Waals surface area contributed by atoms with Gasteiger partial charge in [0, 0.05) is 29.5 Å². The molecule has 2 heterocycles. The first-order valence-electron chi connectivity index (χ1n) is 7.99. The van der Waals surface area contributed by atoms with Crippen molar-refractivity contribution in [2.45, 2.75) is 18.9 Å². The van der Waals surface area contributed by atoms with Crippen LogP contribution in [0.3, 0.4) is 0 Å². The van der Waals surface area contributed by atoms with E-state index in [1.54, 1.807) is 41.4 Å². The van der Waals surface area contributed by atoms with Crippen LogP contribution in [0.15, 0.2) is 36.5 Å². The fourth-order valence-electron chi connectivity index (χ4n) is 2.65. The molecule has 2 amide bonds. The largest absolute Gasteiger partial charge is 0.472 e. The zero-order valence-electron chi connectivity index (χ0n) is 13.8. The molecule has 0 aliphatic carbocycles. The number of ether oxygens (including phenoxy) is 2. The molecule has 25 heavy (non-hydrogen) atoms. The van der Waals surface area contributed by atoms with Crippen molar-refractivity contribution in [3.05, 3.63) is 41.6 Å². The Morgan fingerprint density at radius 3 is 3.08 bits per heavy atom. The van der Waals surface area contributed by atoms with Crippen LogP contribution >= 0.6 is 11.6 Å². The standard InChI is InChI=1S/C17H19ClN4O3/c1-24-16-19-8-7-15(21-16)25-14-6-3-9-22(11-14)17(23)20-13-5-2-4-12(18)10-13/h2,4-5,7-8,10,14H,3,6,9,11H2,1H3,(H,20,23). The van der Waals surface area contributed by atoms with Crippen LogP contribution in [0.25, 0.3) is 0 Å². The lowest BCUT2D eigenvalue weighted by molar-refractivity contribution is 0.102. The van der Waals surface area contributed by atoms with Crippen LogP contribution in [0.5, 0.6) is 11.9 Å². The van der Waals surface area contributed by atoms with Gasteiger partial charge in [-0.1, -0.05) is 17.7 Å². The second-order valence-electron chi connectivity index (χ2n) is 5.65. The molecule has 1 aromatic heterocycles. The third-order valence-corrected chi connectivity index (χ3v) is 4.05. The second-order valence-corrected chi connectivity index (χ2v) is 6.09. The Kier molecular flexibility index (Phi) is 5.55. The summed E-state index contributed by atoms with van der Waals surface area (Å²) < 4.78 is 10.9. The van der Waals surface area contributed by atoms with Gasteiger partial charge in [0.05, 0.1) is 13.7 Å². The number of hydrogen-bond acceptors (Lipinski definition) is 5. The molecule has 1 saturated heterocycles. The van der Waals surface area contributed by atoms with Crippen molar-refractivity contribution in [3.63, 3.8) is 0 Å². The number of piperidine rings is 1. The molecule has 1 atom stereocenters. The Morgan fingerprint density at radius 2 is 2.28 bits per heavy atom. The fourth-order valence-corrected chi connectivity index (χ4v) is 2.84. The number of hydrogen-bond donors (Lipinski definition) is 1. The fraction of sp³-hybridized carbons (Fsp3) is 0.353. The normalized spacial score (nSPS) is 17.0. The van der Waals surface area contributed by atoms with E-state index in [9.17, 15) is 4.79 Å². The maximum atomic E-state index is 12.4. The van der Waals surface area contributed by atoms with Gasteiger partial charge in [-0.05, 0) is 31.0 Å². The summed E-state index contributed by atoms with van der Waals surface area (Å²) in [5, 5.41) is 3.44. The van der Waals surface area contributed by atoms with Crippen molar-refractivity contribution >= 4 is 23.3 Å². The van der Waals surface area contributed by atoms with E-state index >= 15 is 0 Å². The lowest BCUT2D eigenvalue weighted by atomic mass is 10.1. The van der Waals surface area contributed by atoms with Gasteiger partial charge in [0.2, 0.25) is 5.88 Å². The van der Waals surface area contributed by atoms with E-state index < -0.39 is 0 Å². The van der Waals surface area contributed by atoms with Crippen LogP contribution in [-0.4, -0.2) is 47.2 Å². The number of benzene rings is 1. The molecular weight excluding hydrogens is 344 g/mol. The predicted octanol–water partition coefficient (Wildman–Crippen LogP) is 3.21. The van der Waals surface area contributed by atoms with Crippen LogP contribution in [0.2, 0.25) is 5.02 Å². The number of nitrogens with zero attached hydrogens (tertiary/aromatic N) is 3. The van der Waals surface area contributed by atoms with Crippen LogP contribution in [0.4, 0.5) is 10.5 Å². The molecule has 0 radical (unpaired) electrons. The summed E-state index contributed by atoms with van der Waals surface area (Å²) in [6, 6.07) is 8.83. The number of likely N-dealkylation sites (tertiary alicyclic amines) is 1. The average Bonchev–Trinajstić information content (AvgIpc) is 2.62. The first kappa shape index (κ1) is 17.3. The summed E-state index contributed by atoms with van der Waals surface area (Å²) in [5.74, 6) is 0.439. The quantitative estimate of drug-likeness (QED) is 0.903. The third kappa shape index (κ3) is 4.73. The molecule has 7 nitrogen and oxygen atoms in total. The zero-order valence-corrected chi connectivity index (χ0v) is 14.6. The number of urea groups is 1. The molecule has 1 aliphatic rings. The molecule has 0 bridgehead atoms. The van der Waals surface area contributed by atoms with Crippen LogP contribution in [0, 0.1) is 0 Å². The van der Waals surface area contributed by atoms with E-state index in [1.807, 2.05) is 0 Å². The van der Waals surface area contributed by atoms with Gasteiger partial charge in [-0.25, -0.2) is 9.78 Å². The summed E-state index contributed by atoms with van der Waals surface area (Å²) in [7, 11) is 1.50. The highest BCUT2D eigenvalue weighted by molar-refractivity contribution is 6.30. The van der Waals surface area contributed by atoms with E-state index in [2.05, 4.69) is 15.3 Å². The Morgan fingerprint density at radius 1 is 1.40 bits per heavy atom. The number of carbonyl (C=O) groups excluding carboxylic acids is 1. The van der Waals surface area contributed by atoms with E-state index in [-0.39, 0.29) is 18.1 Å². The van der Waals surface area contributed by atoms with Gasteiger partial charge in [0.1, 0.15) is 6.10 Å². The number of aromatic nitrogens is 2. The van der Waals surface area contributed by atoms with Crippen molar-refractivity contribution in [1.29, 1.82) is 0 Å². The minimum Gasteiger partial charge on any atom is -0.472 e. The van der Waals surface area contributed by atoms with E-state index in [4.69, 9.17) is 21.1 Å². The molecule has 132 valence electrons. The Balaban J connectivity index is 1.59. The summed E-state index contributed by atoms with van der Waals surface area (Å²) in [4.78, 5) is 22.3. The SMILES string of the molecule is COc1nccc(OC2CCCN(C(=O)Nc3cccc(Cl)c3)C2)n1. The van der Waals surface area contributed by atoms with Gasteiger partial charge in [-0.3, -0.25) is 0 Å². The van der Waals surface area contributed by atoms with Crippen LogP contribution in [0.1, 0.15) is 12.8 Å². The lowest BCUT2D eigenvalue weighted by Crippen LogP contribution is -2.46. The highest BCUT2D eigenvalue weighted by atomic mass is 35.5. The highest BCUT2D eigenvalue weighted by Crippen LogP contribution is 2.20. The highest BCUT2D eigenvalue weighted by Gasteiger charge is 2.25. The van der Waals surface area contributed by atoms with E-state index in [1.165, 1.54) is 7.11 Å². The maximum absolute atomic E-state index is 12.4. The van der Waals surface area contributed by atoms with Gasteiger partial charge < -0.3 is 19.7 Å². The number of rotatable bonds is 4. The van der Waals surface area contributed by atoms with Gasteiger partial charge in [0.25, 0.3) is 0 Å². The molecule has 1 aromatic carbocycles. The van der Waals surface area contributed by atoms with E-state index in [0.29, 0.717) is 29.7 Å².